The molecule has 5 nitrogen and oxygen atoms in total. The molecule has 3 rings (SSSR count). The number of benzene rings is 1. The number of rotatable bonds is 7. The van der Waals surface area contributed by atoms with Crippen LogP contribution in [0.1, 0.15) is 20.3 Å². The van der Waals surface area contributed by atoms with Crippen LogP contribution in [0.3, 0.4) is 0 Å². The van der Waals surface area contributed by atoms with Gasteiger partial charge >= 0.3 is 5.97 Å². The van der Waals surface area contributed by atoms with Crippen molar-refractivity contribution in [3.8, 4) is 16.9 Å². The first kappa shape index (κ1) is 17.7. The van der Waals surface area contributed by atoms with Crippen LogP contribution >= 0.6 is 23.1 Å². The molecule has 0 fully saturated rings. The molecule has 2 heterocycles. The smallest absolute Gasteiger partial charge is 0.317 e. The largest absolute Gasteiger partial charge is 0.494 e. The molecular formula is C18H18N2O3S2. The molecule has 0 aliphatic rings. The Labute approximate surface area is 154 Å². The first-order valence-corrected chi connectivity index (χ1v) is 9.74. The van der Waals surface area contributed by atoms with E-state index in [4.69, 9.17) is 4.74 Å². The van der Waals surface area contributed by atoms with Gasteiger partial charge in [-0.15, -0.1) is 11.3 Å². The Morgan fingerprint density at radius 3 is 2.68 bits per heavy atom. The Morgan fingerprint density at radius 1 is 1.28 bits per heavy atom. The standard InChI is InChI=1S/C18H18N2O3S2/c1-3-14(18(21)22)25-17-15-13(9-24-16(15)19-10-20-17)11-5-7-12(8-6-11)23-4-2/h5-10,14H,3-4H2,1-2H3,(H,21,22). The molecule has 1 N–H and O–H groups in total. The first-order chi connectivity index (χ1) is 12.1. The highest BCUT2D eigenvalue weighted by molar-refractivity contribution is 8.00. The maximum atomic E-state index is 11.4. The van der Waals surface area contributed by atoms with Crippen molar-refractivity contribution in [2.75, 3.05) is 6.61 Å². The summed E-state index contributed by atoms with van der Waals surface area (Å²) in [6, 6.07) is 7.88. The summed E-state index contributed by atoms with van der Waals surface area (Å²) in [5.74, 6) is 0.00525. The lowest BCUT2D eigenvalue weighted by molar-refractivity contribution is -0.136. The predicted molar refractivity (Wildman–Crippen MR) is 102 cm³/mol. The summed E-state index contributed by atoms with van der Waals surface area (Å²) < 4.78 is 5.49. The SMILES string of the molecule is CCOc1ccc(-c2csc3ncnc(SC(CC)C(=O)O)c23)cc1. The number of carboxylic acid groups (broad SMARTS) is 1. The number of fused-ring (bicyclic) bond motifs is 1. The van der Waals surface area contributed by atoms with Gasteiger partial charge in [-0.25, -0.2) is 9.97 Å². The second-order valence-electron chi connectivity index (χ2n) is 5.32. The molecule has 0 spiro atoms. The van der Waals surface area contributed by atoms with Crippen molar-refractivity contribution in [2.24, 2.45) is 0 Å². The second-order valence-corrected chi connectivity index (χ2v) is 7.37. The van der Waals surface area contributed by atoms with Gasteiger partial charge in [0.1, 0.15) is 27.2 Å². The minimum Gasteiger partial charge on any atom is -0.494 e. The van der Waals surface area contributed by atoms with Gasteiger partial charge in [-0.2, -0.15) is 0 Å². The van der Waals surface area contributed by atoms with E-state index in [1.54, 1.807) is 0 Å². The van der Waals surface area contributed by atoms with E-state index in [0.29, 0.717) is 18.1 Å². The minimum absolute atomic E-state index is 0.522. The summed E-state index contributed by atoms with van der Waals surface area (Å²) in [4.78, 5) is 20.9. The zero-order chi connectivity index (χ0) is 17.8. The van der Waals surface area contributed by atoms with Gasteiger partial charge < -0.3 is 9.84 Å². The number of thioether (sulfide) groups is 1. The topological polar surface area (TPSA) is 72.3 Å². The van der Waals surface area contributed by atoms with Gasteiger partial charge in [-0.1, -0.05) is 30.8 Å². The third kappa shape index (κ3) is 3.77. The van der Waals surface area contributed by atoms with Crippen molar-refractivity contribution in [3.63, 3.8) is 0 Å². The van der Waals surface area contributed by atoms with Crippen molar-refractivity contribution in [3.05, 3.63) is 36.0 Å². The summed E-state index contributed by atoms with van der Waals surface area (Å²) in [7, 11) is 0. The molecule has 25 heavy (non-hydrogen) atoms. The highest BCUT2D eigenvalue weighted by Gasteiger charge is 2.21. The lowest BCUT2D eigenvalue weighted by Gasteiger charge is -2.10. The Bertz CT molecular complexity index is 878. The van der Waals surface area contributed by atoms with E-state index < -0.39 is 11.2 Å². The normalized spacial score (nSPS) is 12.2. The summed E-state index contributed by atoms with van der Waals surface area (Å²) >= 11 is 2.82. The summed E-state index contributed by atoms with van der Waals surface area (Å²) in [5.41, 5.74) is 2.06. The molecule has 0 aliphatic carbocycles. The van der Waals surface area contributed by atoms with E-state index in [9.17, 15) is 9.90 Å². The fourth-order valence-corrected chi connectivity index (χ4v) is 4.44. The molecule has 0 aliphatic heterocycles. The molecule has 0 radical (unpaired) electrons. The van der Waals surface area contributed by atoms with Gasteiger partial charge in [0, 0.05) is 10.9 Å². The van der Waals surface area contributed by atoms with Crippen LogP contribution in [0.4, 0.5) is 0 Å². The molecule has 3 aromatic rings. The Kier molecular flexibility index (Phi) is 5.55. The molecule has 130 valence electrons. The zero-order valence-corrected chi connectivity index (χ0v) is 15.6. The van der Waals surface area contributed by atoms with Crippen LogP contribution in [0.25, 0.3) is 21.3 Å². The van der Waals surface area contributed by atoms with Gasteiger partial charge in [0.2, 0.25) is 0 Å². The molecule has 2 aromatic heterocycles. The van der Waals surface area contributed by atoms with Crippen LogP contribution in [0.15, 0.2) is 41.0 Å². The third-order valence-corrected chi connectivity index (χ3v) is 5.95. The quantitative estimate of drug-likeness (QED) is 0.477. The van der Waals surface area contributed by atoms with Crippen molar-refractivity contribution in [1.82, 2.24) is 9.97 Å². The van der Waals surface area contributed by atoms with Gasteiger partial charge in [0.15, 0.2) is 0 Å². The molecule has 0 amide bonds. The molecule has 0 bridgehead atoms. The molecular weight excluding hydrogens is 356 g/mol. The molecule has 1 unspecified atom stereocenters. The highest BCUT2D eigenvalue weighted by Crippen LogP contribution is 2.39. The van der Waals surface area contributed by atoms with Crippen LogP contribution in [0, 0.1) is 0 Å². The highest BCUT2D eigenvalue weighted by atomic mass is 32.2. The number of aromatic nitrogens is 2. The number of thiophene rings is 1. The van der Waals surface area contributed by atoms with E-state index in [-0.39, 0.29) is 0 Å². The monoisotopic (exact) mass is 374 g/mol. The second kappa shape index (κ2) is 7.84. The Hall–Kier alpha value is -2.12. The first-order valence-electron chi connectivity index (χ1n) is 7.98. The number of carboxylic acids is 1. The molecule has 7 heteroatoms. The van der Waals surface area contributed by atoms with Crippen LogP contribution in [0.2, 0.25) is 0 Å². The lowest BCUT2D eigenvalue weighted by Crippen LogP contribution is -2.15. The Balaban J connectivity index is 2.03. The number of hydrogen-bond acceptors (Lipinski definition) is 6. The predicted octanol–water partition coefficient (Wildman–Crippen LogP) is 4.71. The summed E-state index contributed by atoms with van der Waals surface area (Å²) in [6.07, 6.45) is 2.03. The fraction of sp³-hybridized carbons (Fsp3) is 0.278. The molecule has 0 saturated heterocycles. The number of nitrogens with zero attached hydrogens (tertiary/aromatic N) is 2. The zero-order valence-electron chi connectivity index (χ0n) is 13.9. The maximum absolute atomic E-state index is 11.4. The van der Waals surface area contributed by atoms with Crippen LogP contribution < -0.4 is 4.74 Å². The minimum atomic E-state index is -0.822. The third-order valence-electron chi connectivity index (χ3n) is 3.71. The molecule has 1 aromatic carbocycles. The number of aliphatic carboxylic acids is 1. The van der Waals surface area contributed by atoms with Crippen molar-refractivity contribution in [1.29, 1.82) is 0 Å². The van der Waals surface area contributed by atoms with Gasteiger partial charge in [-0.05, 0) is 31.0 Å². The van der Waals surface area contributed by atoms with Gasteiger partial charge in [0.05, 0.1) is 12.0 Å². The van der Waals surface area contributed by atoms with E-state index >= 15 is 0 Å². The number of hydrogen-bond donors (Lipinski definition) is 1. The van der Waals surface area contributed by atoms with E-state index in [1.807, 2.05) is 43.5 Å². The summed E-state index contributed by atoms with van der Waals surface area (Å²) in [6.45, 7) is 4.45. The van der Waals surface area contributed by atoms with Crippen LogP contribution in [-0.4, -0.2) is 32.9 Å². The van der Waals surface area contributed by atoms with E-state index in [2.05, 4.69) is 9.97 Å². The average Bonchev–Trinajstić information content (AvgIpc) is 3.05. The number of ether oxygens (including phenoxy) is 1. The number of carbonyl (C=O) groups is 1. The molecule has 0 saturated carbocycles. The fourth-order valence-electron chi connectivity index (χ4n) is 2.49. The van der Waals surface area contributed by atoms with Crippen molar-refractivity contribution in [2.45, 2.75) is 30.5 Å². The molecule has 1 atom stereocenters. The maximum Gasteiger partial charge on any atom is 0.317 e. The van der Waals surface area contributed by atoms with Crippen molar-refractivity contribution < 1.29 is 14.6 Å². The van der Waals surface area contributed by atoms with Gasteiger partial charge in [0.25, 0.3) is 0 Å². The van der Waals surface area contributed by atoms with E-state index in [0.717, 1.165) is 27.1 Å². The van der Waals surface area contributed by atoms with Gasteiger partial charge in [-0.3, -0.25) is 4.79 Å². The lowest BCUT2D eigenvalue weighted by atomic mass is 10.1. The Morgan fingerprint density at radius 2 is 2.04 bits per heavy atom. The van der Waals surface area contributed by atoms with Crippen molar-refractivity contribution >= 4 is 39.3 Å². The van der Waals surface area contributed by atoms with Crippen LogP contribution in [0.5, 0.6) is 5.75 Å². The van der Waals surface area contributed by atoms with Crippen LogP contribution in [-0.2, 0) is 4.79 Å². The van der Waals surface area contributed by atoms with E-state index in [1.165, 1.54) is 29.4 Å². The average molecular weight is 374 g/mol. The summed E-state index contributed by atoms with van der Waals surface area (Å²) in [5, 5.41) is 12.5.